The predicted molar refractivity (Wildman–Crippen MR) is 64.1 cm³/mol. The van der Waals surface area contributed by atoms with Crippen LogP contribution in [0.25, 0.3) is 0 Å². The van der Waals surface area contributed by atoms with Crippen molar-refractivity contribution in [1.82, 2.24) is 0 Å². The van der Waals surface area contributed by atoms with Crippen LogP contribution in [0.2, 0.25) is 0 Å². The third kappa shape index (κ3) is 7.91. The number of hydrogen-bond donors (Lipinski definition) is 0. The molecule has 0 aromatic carbocycles. The fourth-order valence-electron chi connectivity index (χ4n) is 0.757. The molecule has 15 heavy (non-hydrogen) atoms. The van der Waals surface area contributed by atoms with Gasteiger partial charge in [0.1, 0.15) is 0 Å². The SMILES string of the molecule is CCOP(=O)(O/C=C/CSCC)OCC. The van der Waals surface area contributed by atoms with E-state index in [1.165, 1.54) is 6.26 Å². The molecule has 90 valence electrons. The molecule has 4 nitrogen and oxygen atoms in total. The van der Waals surface area contributed by atoms with Gasteiger partial charge in [0.15, 0.2) is 0 Å². The molecular weight excluding hydrogens is 235 g/mol. The highest BCUT2D eigenvalue weighted by Crippen LogP contribution is 2.49. The molecule has 0 aliphatic carbocycles. The highest BCUT2D eigenvalue weighted by atomic mass is 32.2. The van der Waals surface area contributed by atoms with E-state index < -0.39 is 7.82 Å². The van der Waals surface area contributed by atoms with Crippen LogP contribution < -0.4 is 0 Å². The van der Waals surface area contributed by atoms with Crippen molar-refractivity contribution in [2.24, 2.45) is 0 Å². The average molecular weight is 254 g/mol. The topological polar surface area (TPSA) is 44.8 Å². The molecule has 0 saturated heterocycles. The van der Waals surface area contributed by atoms with Gasteiger partial charge in [-0.1, -0.05) is 6.92 Å². The first-order valence-electron chi connectivity index (χ1n) is 4.98. The average Bonchev–Trinajstić information content (AvgIpc) is 2.18. The Bertz CT molecular complexity index is 210. The third-order valence-electron chi connectivity index (χ3n) is 1.28. The Kier molecular flexibility index (Phi) is 9.30. The monoisotopic (exact) mass is 254 g/mol. The zero-order chi connectivity index (χ0) is 11.6. The molecule has 0 spiro atoms. The first-order valence-corrected chi connectivity index (χ1v) is 7.60. The molecule has 0 aliphatic rings. The van der Waals surface area contributed by atoms with Crippen molar-refractivity contribution in [3.8, 4) is 0 Å². The molecule has 0 aliphatic heterocycles. The molecule has 0 amide bonds. The van der Waals surface area contributed by atoms with Crippen molar-refractivity contribution in [3.05, 3.63) is 12.3 Å². The minimum Gasteiger partial charge on any atom is -0.412 e. The fourth-order valence-corrected chi connectivity index (χ4v) is 2.27. The van der Waals surface area contributed by atoms with Crippen LogP contribution in [0.1, 0.15) is 20.8 Å². The van der Waals surface area contributed by atoms with Gasteiger partial charge in [0.05, 0.1) is 19.5 Å². The predicted octanol–water partition coefficient (Wildman–Crippen LogP) is 3.45. The molecular formula is C9H19O4PS. The van der Waals surface area contributed by atoms with E-state index in [9.17, 15) is 4.57 Å². The molecule has 0 bridgehead atoms. The van der Waals surface area contributed by atoms with E-state index >= 15 is 0 Å². The lowest BCUT2D eigenvalue weighted by Gasteiger charge is -2.14. The fraction of sp³-hybridized carbons (Fsp3) is 0.778. The lowest BCUT2D eigenvalue weighted by molar-refractivity contribution is 0.153. The summed E-state index contributed by atoms with van der Waals surface area (Å²) in [4.78, 5) is 0. The smallest absolute Gasteiger partial charge is 0.412 e. The third-order valence-corrected chi connectivity index (χ3v) is 3.64. The lowest BCUT2D eigenvalue weighted by atomic mass is 10.7. The lowest BCUT2D eigenvalue weighted by Crippen LogP contribution is -1.96. The minimum absolute atomic E-state index is 0.300. The summed E-state index contributed by atoms with van der Waals surface area (Å²) in [5.41, 5.74) is 0. The summed E-state index contributed by atoms with van der Waals surface area (Å²) in [5, 5.41) is 0. The van der Waals surface area contributed by atoms with Gasteiger partial charge in [-0.25, -0.2) is 4.57 Å². The number of hydrogen-bond acceptors (Lipinski definition) is 5. The van der Waals surface area contributed by atoms with Gasteiger partial charge in [0, 0.05) is 5.75 Å². The van der Waals surface area contributed by atoms with Gasteiger partial charge in [0.25, 0.3) is 0 Å². The summed E-state index contributed by atoms with van der Waals surface area (Å²) in [6.07, 6.45) is 3.17. The van der Waals surface area contributed by atoms with Crippen LogP contribution in [-0.2, 0) is 18.1 Å². The molecule has 0 radical (unpaired) electrons. The molecule has 0 rings (SSSR count). The Labute approximate surface area is 96.0 Å². The molecule has 6 heteroatoms. The maximum atomic E-state index is 11.7. The van der Waals surface area contributed by atoms with Crippen molar-refractivity contribution >= 4 is 19.6 Å². The van der Waals surface area contributed by atoms with Crippen molar-refractivity contribution in [1.29, 1.82) is 0 Å². The zero-order valence-corrected chi connectivity index (χ0v) is 11.2. The van der Waals surface area contributed by atoms with Crippen LogP contribution in [0.4, 0.5) is 0 Å². The summed E-state index contributed by atoms with van der Waals surface area (Å²) in [6.45, 7) is 6.16. The normalized spacial score (nSPS) is 12.2. The van der Waals surface area contributed by atoms with E-state index in [2.05, 4.69) is 6.92 Å². The van der Waals surface area contributed by atoms with Gasteiger partial charge >= 0.3 is 7.82 Å². The first-order chi connectivity index (χ1) is 7.18. The molecule has 0 heterocycles. The van der Waals surface area contributed by atoms with E-state index in [-0.39, 0.29) is 0 Å². The van der Waals surface area contributed by atoms with Crippen LogP contribution in [0.15, 0.2) is 12.3 Å². The summed E-state index contributed by atoms with van der Waals surface area (Å²) >= 11 is 1.75. The molecule has 0 atom stereocenters. The Hall–Kier alpha value is 0.0400. The number of thioether (sulfide) groups is 1. The number of phosphoric acid groups is 1. The minimum atomic E-state index is -3.36. The van der Waals surface area contributed by atoms with E-state index in [0.717, 1.165) is 11.5 Å². The Balaban J connectivity index is 3.95. The number of phosphoric ester groups is 1. The Morgan fingerprint density at radius 1 is 1.20 bits per heavy atom. The van der Waals surface area contributed by atoms with E-state index in [4.69, 9.17) is 13.6 Å². The van der Waals surface area contributed by atoms with Gasteiger partial charge in [-0.05, 0) is 25.7 Å². The quantitative estimate of drug-likeness (QED) is 0.358. The molecule has 0 aromatic rings. The van der Waals surface area contributed by atoms with Crippen molar-refractivity contribution < 1.29 is 18.1 Å². The van der Waals surface area contributed by atoms with Crippen LogP contribution in [0.5, 0.6) is 0 Å². The maximum absolute atomic E-state index is 11.7. The molecule has 0 saturated carbocycles. The van der Waals surface area contributed by atoms with Crippen LogP contribution >= 0.6 is 19.6 Å². The summed E-state index contributed by atoms with van der Waals surface area (Å²) in [5.74, 6) is 1.87. The van der Waals surface area contributed by atoms with E-state index in [0.29, 0.717) is 13.2 Å². The van der Waals surface area contributed by atoms with Gasteiger partial charge in [-0.15, -0.1) is 0 Å². The second-order valence-corrected chi connectivity index (χ2v) is 5.36. The van der Waals surface area contributed by atoms with E-state index in [1.807, 2.05) is 0 Å². The van der Waals surface area contributed by atoms with Gasteiger partial charge in [0.2, 0.25) is 0 Å². The molecule has 0 unspecified atom stereocenters. The van der Waals surface area contributed by atoms with Gasteiger partial charge in [-0.3, -0.25) is 9.05 Å². The van der Waals surface area contributed by atoms with Crippen molar-refractivity contribution in [2.45, 2.75) is 20.8 Å². The van der Waals surface area contributed by atoms with Crippen LogP contribution in [0, 0.1) is 0 Å². The highest BCUT2D eigenvalue weighted by molar-refractivity contribution is 7.99. The second-order valence-electron chi connectivity index (χ2n) is 2.42. The first kappa shape index (κ1) is 15.0. The Morgan fingerprint density at radius 2 is 1.80 bits per heavy atom. The van der Waals surface area contributed by atoms with Gasteiger partial charge in [-0.2, -0.15) is 11.8 Å². The summed E-state index contributed by atoms with van der Waals surface area (Å²) in [7, 11) is -3.36. The van der Waals surface area contributed by atoms with Crippen molar-refractivity contribution in [2.75, 3.05) is 24.7 Å². The second kappa shape index (κ2) is 9.28. The summed E-state index contributed by atoms with van der Waals surface area (Å²) in [6, 6.07) is 0. The molecule has 0 aromatic heterocycles. The van der Waals surface area contributed by atoms with E-state index in [1.54, 1.807) is 31.7 Å². The maximum Gasteiger partial charge on any atom is 0.529 e. The molecule has 0 fully saturated rings. The standard InChI is InChI=1S/C9H19O4PS/c1-4-11-14(10,12-5-2)13-8-7-9-15-6-3/h7-8H,4-6,9H2,1-3H3/b8-7+. The number of rotatable bonds is 9. The Morgan fingerprint density at radius 3 is 2.27 bits per heavy atom. The largest absolute Gasteiger partial charge is 0.529 e. The van der Waals surface area contributed by atoms with Gasteiger partial charge < -0.3 is 4.52 Å². The molecule has 0 N–H and O–H groups in total. The van der Waals surface area contributed by atoms with Crippen LogP contribution in [-0.4, -0.2) is 24.7 Å². The highest BCUT2D eigenvalue weighted by Gasteiger charge is 2.24. The zero-order valence-electron chi connectivity index (χ0n) is 9.47. The summed E-state index contributed by atoms with van der Waals surface area (Å²) < 4.78 is 26.6. The van der Waals surface area contributed by atoms with Crippen molar-refractivity contribution in [3.63, 3.8) is 0 Å². The van der Waals surface area contributed by atoms with Crippen LogP contribution in [0.3, 0.4) is 0 Å².